The summed E-state index contributed by atoms with van der Waals surface area (Å²) in [5.74, 6) is -0.260. The second kappa shape index (κ2) is 4.87. The lowest BCUT2D eigenvalue weighted by atomic mass is 10.2. The lowest BCUT2D eigenvalue weighted by molar-refractivity contribution is 0.630. The van der Waals surface area contributed by atoms with Crippen molar-refractivity contribution in [2.75, 3.05) is 10.9 Å². The average molecular weight is 230 g/mol. The quantitative estimate of drug-likeness (QED) is 0.782. The van der Waals surface area contributed by atoms with Crippen molar-refractivity contribution in [2.24, 2.45) is 0 Å². The minimum Gasteiger partial charge on any atom is -0.301 e. The van der Waals surface area contributed by atoms with Crippen molar-refractivity contribution in [3.63, 3.8) is 0 Å². The van der Waals surface area contributed by atoms with Crippen molar-refractivity contribution in [3.8, 4) is 0 Å². The number of aryl methyl sites for hydroxylation is 2. The third kappa shape index (κ3) is 2.97. The molecule has 0 saturated heterocycles. The van der Waals surface area contributed by atoms with Gasteiger partial charge < -0.3 is 5.43 Å². The molecule has 0 saturated carbocycles. The number of hydrogen-bond donors (Lipinski definition) is 2. The van der Waals surface area contributed by atoms with Gasteiger partial charge in [-0.15, -0.1) is 0 Å². The third-order valence-corrected chi connectivity index (χ3v) is 2.52. The van der Waals surface area contributed by atoms with E-state index in [4.69, 9.17) is 0 Å². The second-order valence-corrected chi connectivity index (χ2v) is 4.10. The third-order valence-electron chi connectivity index (χ3n) is 2.52. The monoisotopic (exact) mass is 230 g/mol. The Bertz CT molecular complexity index is 506. The van der Waals surface area contributed by atoms with Gasteiger partial charge in [0.15, 0.2) is 0 Å². The maximum atomic E-state index is 13.5. The Hall–Kier alpha value is -2.03. The molecule has 2 aromatic rings. The normalized spacial score (nSPS) is 10.1. The number of nitrogens with one attached hydrogen (secondary N) is 2. The van der Waals surface area contributed by atoms with Gasteiger partial charge in [0.2, 0.25) is 0 Å². The van der Waals surface area contributed by atoms with Crippen LogP contribution in [0.15, 0.2) is 42.5 Å². The number of halogens is 1. The van der Waals surface area contributed by atoms with Crippen molar-refractivity contribution in [2.45, 2.75) is 13.8 Å². The minimum atomic E-state index is -0.260. The molecule has 0 aromatic heterocycles. The van der Waals surface area contributed by atoms with Gasteiger partial charge in [-0.2, -0.15) is 0 Å². The van der Waals surface area contributed by atoms with E-state index in [1.54, 1.807) is 6.07 Å². The second-order valence-electron chi connectivity index (χ2n) is 4.10. The van der Waals surface area contributed by atoms with Crippen LogP contribution >= 0.6 is 0 Å². The van der Waals surface area contributed by atoms with Crippen LogP contribution in [0, 0.1) is 19.7 Å². The lowest BCUT2D eigenvalue weighted by Crippen LogP contribution is -2.09. The predicted octanol–water partition coefficient (Wildman–Crippen LogP) is 3.88. The number of hydrazine groups is 1. The van der Waals surface area contributed by atoms with E-state index in [-0.39, 0.29) is 5.82 Å². The zero-order valence-electron chi connectivity index (χ0n) is 9.92. The summed E-state index contributed by atoms with van der Waals surface area (Å²) in [4.78, 5) is 0. The van der Waals surface area contributed by atoms with E-state index in [1.807, 2.05) is 44.2 Å². The Kier molecular flexibility index (Phi) is 3.28. The number of rotatable bonds is 3. The van der Waals surface area contributed by atoms with Gasteiger partial charge in [-0.05, 0) is 43.7 Å². The van der Waals surface area contributed by atoms with Gasteiger partial charge in [-0.3, -0.25) is 5.43 Å². The van der Waals surface area contributed by atoms with Gasteiger partial charge >= 0.3 is 0 Å². The van der Waals surface area contributed by atoms with Crippen molar-refractivity contribution >= 4 is 11.4 Å². The molecule has 0 atom stereocenters. The molecule has 0 aliphatic heterocycles. The molecule has 17 heavy (non-hydrogen) atoms. The Morgan fingerprint density at radius 2 is 1.47 bits per heavy atom. The van der Waals surface area contributed by atoms with E-state index in [1.165, 1.54) is 11.6 Å². The smallest absolute Gasteiger partial charge is 0.148 e. The van der Waals surface area contributed by atoms with Gasteiger partial charge in [-0.1, -0.05) is 23.8 Å². The van der Waals surface area contributed by atoms with E-state index < -0.39 is 0 Å². The molecule has 2 rings (SSSR count). The van der Waals surface area contributed by atoms with Crippen molar-refractivity contribution in [3.05, 3.63) is 59.4 Å². The first kappa shape index (κ1) is 11.5. The molecular weight excluding hydrogens is 215 g/mol. The van der Waals surface area contributed by atoms with Crippen LogP contribution in [0.4, 0.5) is 15.8 Å². The van der Waals surface area contributed by atoms with Crippen LogP contribution in [0.5, 0.6) is 0 Å². The van der Waals surface area contributed by atoms with Gasteiger partial charge in [0, 0.05) is 0 Å². The van der Waals surface area contributed by atoms with Crippen molar-refractivity contribution < 1.29 is 4.39 Å². The Balaban J connectivity index is 2.04. The highest BCUT2D eigenvalue weighted by molar-refractivity contribution is 5.54. The first-order valence-corrected chi connectivity index (χ1v) is 5.50. The van der Waals surface area contributed by atoms with Crippen LogP contribution in [0.3, 0.4) is 0 Å². The maximum absolute atomic E-state index is 13.5. The van der Waals surface area contributed by atoms with E-state index in [2.05, 4.69) is 10.9 Å². The fourth-order valence-electron chi connectivity index (χ4n) is 1.50. The molecule has 0 bridgehead atoms. The minimum absolute atomic E-state index is 0.260. The van der Waals surface area contributed by atoms with Crippen LogP contribution in [-0.4, -0.2) is 0 Å². The summed E-state index contributed by atoms with van der Waals surface area (Å²) < 4.78 is 13.5. The van der Waals surface area contributed by atoms with E-state index >= 15 is 0 Å². The van der Waals surface area contributed by atoms with E-state index in [0.29, 0.717) is 5.69 Å². The molecule has 0 heterocycles. The molecule has 0 radical (unpaired) electrons. The van der Waals surface area contributed by atoms with Crippen molar-refractivity contribution in [1.82, 2.24) is 0 Å². The molecule has 0 amide bonds. The van der Waals surface area contributed by atoms with E-state index in [9.17, 15) is 4.39 Å². The fourth-order valence-corrected chi connectivity index (χ4v) is 1.50. The Labute approximate surface area is 100 Å². The molecule has 0 aliphatic rings. The van der Waals surface area contributed by atoms with Crippen LogP contribution in [0.1, 0.15) is 11.1 Å². The largest absolute Gasteiger partial charge is 0.301 e. The zero-order chi connectivity index (χ0) is 12.3. The Morgan fingerprint density at radius 3 is 2.12 bits per heavy atom. The highest BCUT2D eigenvalue weighted by Crippen LogP contribution is 2.16. The summed E-state index contributed by atoms with van der Waals surface area (Å²) in [7, 11) is 0. The molecule has 2 aromatic carbocycles. The molecule has 2 nitrogen and oxygen atoms in total. The molecule has 3 heteroatoms. The molecule has 0 aliphatic carbocycles. The molecule has 88 valence electrons. The highest BCUT2D eigenvalue weighted by atomic mass is 19.1. The van der Waals surface area contributed by atoms with Gasteiger partial charge in [0.05, 0.1) is 11.4 Å². The summed E-state index contributed by atoms with van der Waals surface area (Å²) in [6, 6.07) is 12.9. The number of anilines is 2. The fraction of sp³-hybridized carbons (Fsp3) is 0.143. The summed E-state index contributed by atoms with van der Waals surface area (Å²) in [6.45, 7) is 3.89. The lowest BCUT2D eigenvalue weighted by Gasteiger charge is -2.11. The van der Waals surface area contributed by atoms with Crippen LogP contribution in [-0.2, 0) is 0 Å². The summed E-state index contributed by atoms with van der Waals surface area (Å²) >= 11 is 0. The maximum Gasteiger partial charge on any atom is 0.148 e. The topological polar surface area (TPSA) is 24.1 Å². The van der Waals surface area contributed by atoms with Crippen LogP contribution in [0.25, 0.3) is 0 Å². The summed E-state index contributed by atoms with van der Waals surface area (Å²) in [5.41, 5.74) is 9.25. The van der Waals surface area contributed by atoms with Crippen LogP contribution in [0.2, 0.25) is 0 Å². The van der Waals surface area contributed by atoms with Gasteiger partial charge in [0.25, 0.3) is 0 Å². The molecule has 0 spiro atoms. The Morgan fingerprint density at radius 1 is 0.824 bits per heavy atom. The van der Waals surface area contributed by atoms with Crippen LogP contribution < -0.4 is 10.9 Å². The van der Waals surface area contributed by atoms with Gasteiger partial charge in [-0.25, -0.2) is 4.39 Å². The molecule has 0 fully saturated rings. The predicted molar refractivity (Wildman–Crippen MR) is 69.6 cm³/mol. The SMILES string of the molecule is Cc1ccc(NNc2ccc(C)cc2F)cc1. The first-order valence-electron chi connectivity index (χ1n) is 5.50. The molecular formula is C14H15FN2. The first-order chi connectivity index (χ1) is 8.15. The molecule has 2 N–H and O–H groups in total. The zero-order valence-corrected chi connectivity index (χ0v) is 9.92. The highest BCUT2D eigenvalue weighted by Gasteiger charge is 2.00. The molecule has 0 unspecified atom stereocenters. The van der Waals surface area contributed by atoms with E-state index in [0.717, 1.165) is 11.3 Å². The number of benzene rings is 2. The average Bonchev–Trinajstić information content (AvgIpc) is 2.30. The number of hydrogen-bond acceptors (Lipinski definition) is 2. The standard InChI is InChI=1S/C14H15FN2/c1-10-3-6-12(7-4-10)16-17-14-8-5-11(2)9-13(14)15/h3-9,16-17H,1-2H3. The van der Waals surface area contributed by atoms with Crippen molar-refractivity contribution in [1.29, 1.82) is 0 Å². The van der Waals surface area contributed by atoms with Gasteiger partial charge in [0.1, 0.15) is 5.82 Å². The summed E-state index contributed by atoms with van der Waals surface area (Å²) in [6.07, 6.45) is 0. The summed E-state index contributed by atoms with van der Waals surface area (Å²) in [5, 5.41) is 0.